The topological polar surface area (TPSA) is 30.5 Å². The lowest BCUT2D eigenvalue weighted by Crippen LogP contribution is -2.33. The van der Waals surface area contributed by atoms with Crippen LogP contribution in [0.4, 0.5) is 0 Å². The van der Waals surface area contributed by atoms with Gasteiger partial charge in [-0.05, 0) is 44.0 Å². The first-order valence-corrected chi connectivity index (χ1v) is 7.39. The molecule has 1 fully saturated rings. The third-order valence-corrected chi connectivity index (χ3v) is 3.62. The molecule has 3 heteroatoms. The summed E-state index contributed by atoms with van der Waals surface area (Å²) in [4.78, 5) is 0. The van der Waals surface area contributed by atoms with E-state index < -0.39 is 0 Å². The maximum absolute atomic E-state index is 5.64. The minimum Gasteiger partial charge on any atom is -0.494 e. The fourth-order valence-electron chi connectivity index (χ4n) is 2.77. The molecule has 2 unspecified atom stereocenters. The number of rotatable bonds is 6. The van der Waals surface area contributed by atoms with Gasteiger partial charge in [-0.3, -0.25) is 0 Å². The quantitative estimate of drug-likeness (QED) is 0.855. The Morgan fingerprint density at radius 1 is 1.42 bits per heavy atom. The zero-order valence-corrected chi connectivity index (χ0v) is 12.0. The van der Waals surface area contributed by atoms with Crippen LogP contribution in [-0.4, -0.2) is 26.4 Å². The molecule has 3 nitrogen and oxygen atoms in total. The van der Waals surface area contributed by atoms with Crippen molar-refractivity contribution in [2.24, 2.45) is 5.92 Å². The fraction of sp³-hybridized carbons (Fsp3) is 0.625. The van der Waals surface area contributed by atoms with Crippen molar-refractivity contribution in [1.29, 1.82) is 0 Å². The lowest BCUT2D eigenvalue weighted by molar-refractivity contribution is 0.0392. The van der Waals surface area contributed by atoms with Gasteiger partial charge in [0.25, 0.3) is 0 Å². The molecule has 0 aliphatic carbocycles. The first-order chi connectivity index (χ1) is 9.35. The van der Waals surface area contributed by atoms with Gasteiger partial charge in [0.2, 0.25) is 0 Å². The van der Waals surface area contributed by atoms with Crippen molar-refractivity contribution in [1.82, 2.24) is 5.32 Å². The molecule has 0 spiro atoms. The van der Waals surface area contributed by atoms with Crippen molar-refractivity contribution in [2.75, 3.05) is 26.4 Å². The molecule has 1 heterocycles. The molecule has 106 valence electrons. The second-order valence-corrected chi connectivity index (χ2v) is 5.02. The summed E-state index contributed by atoms with van der Waals surface area (Å²) >= 11 is 0. The summed E-state index contributed by atoms with van der Waals surface area (Å²) in [6, 6.07) is 8.81. The van der Waals surface area contributed by atoms with E-state index in [0.717, 1.165) is 31.9 Å². The smallest absolute Gasteiger partial charge is 0.119 e. The Kier molecular flexibility index (Phi) is 5.67. The predicted molar refractivity (Wildman–Crippen MR) is 77.6 cm³/mol. The van der Waals surface area contributed by atoms with E-state index in [1.165, 1.54) is 12.0 Å². The summed E-state index contributed by atoms with van der Waals surface area (Å²) in [6.07, 6.45) is 2.40. The molecule has 2 atom stereocenters. The summed E-state index contributed by atoms with van der Waals surface area (Å²) < 4.78 is 11.2. The van der Waals surface area contributed by atoms with Crippen molar-refractivity contribution in [3.63, 3.8) is 0 Å². The second-order valence-electron chi connectivity index (χ2n) is 5.02. The lowest BCUT2D eigenvalue weighted by atomic mass is 9.88. The van der Waals surface area contributed by atoms with E-state index in [0.29, 0.717) is 18.6 Å². The molecule has 0 amide bonds. The minimum atomic E-state index is 0.366. The first-order valence-electron chi connectivity index (χ1n) is 7.39. The molecule has 1 saturated heterocycles. The van der Waals surface area contributed by atoms with Gasteiger partial charge in [-0.1, -0.05) is 19.1 Å². The zero-order valence-electron chi connectivity index (χ0n) is 12.0. The number of hydrogen-bond acceptors (Lipinski definition) is 3. The third-order valence-electron chi connectivity index (χ3n) is 3.62. The Morgan fingerprint density at radius 2 is 2.32 bits per heavy atom. The van der Waals surface area contributed by atoms with Crippen LogP contribution in [0.15, 0.2) is 24.3 Å². The van der Waals surface area contributed by atoms with E-state index in [9.17, 15) is 0 Å². The first kappa shape index (κ1) is 14.4. The van der Waals surface area contributed by atoms with E-state index in [4.69, 9.17) is 9.47 Å². The average Bonchev–Trinajstić information content (AvgIpc) is 2.46. The van der Waals surface area contributed by atoms with Crippen LogP contribution in [0, 0.1) is 5.92 Å². The van der Waals surface area contributed by atoms with Crippen LogP contribution in [-0.2, 0) is 4.74 Å². The number of hydrogen-bond donors (Lipinski definition) is 1. The summed E-state index contributed by atoms with van der Waals surface area (Å²) in [5.41, 5.74) is 1.31. The molecule has 2 rings (SSSR count). The number of nitrogens with one attached hydrogen (secondary N) is 1. The van der Waals surface area contributed by atoms with Crippen molar-refractivity contribution >= 4 is 0 Å². The largest absolute Gasteiger partial charge is 0.494 e. The van der Waals surface area contributed by atoms with Gasteiger partial charge in [0.05, 0.1) is 13.2 Å². The van der Waals surface area contributed by atoms with Gasteiger partial charge in [-0.25, -0.2) is 0 Å². The maximum Gasteiger partial charge on any atom is 0.119 e. The third kappa shape index (κ3) is 3.95. The van der Waals surface area contributed by atoms with Crippen LogP contribution < -0.4 is 10.1 Å². The van der Waals surface area contributed by atoms with Crippen molar-refractivity contribution in [3.05, 3.63) is 29.8 Å². The summed E-state index contributed by atoms with van der Waals surface area (Å²) in [6.45, 7) is 7.62. The minimum absolute atomic E-state index is 0.366. The van der Waals surface area contributed by atoms with Crippen LogP contribution in [0.25, 0.3) is 0 Å². The van der Waals surface area contributed by atoms with Gasteiger partial charge in [0.15, 0.2) is 0 Å². The monoisotopic (exact) mass is 263 g/mol. The molecule has 0 aromatic heterocycles. The zero-order chi connectivity index (χ0) is 13.5. The normalized spacial score (nSPS) is 21.1. The van der Waals surface area contributed by atoms with E-state index in [1.807, 2.05) is 13.0 Å². The molecule has 1 aromatic carbocycles. The van der Waals surface area contributed by atoms with Gasteiger partial charge < -0.3 is 14.8 Å². The standard InChI is InChI=1S/C16H25NO2/c1-3-17-16(14-8-6-10-18-12-14)13-7-5-9-15(11-13)19-4-2/h5,7,9,11,14,16-17H,3-4,6,8,10,12H2,1-2H3. The van der Waals surface area contributed by atoms with Gasteiger partial charge in [-0.2, -0.15) is 0 Å². The number of benzene rings is 1. The fourth-order valence-corrected chi connectivity index (χ4v) is 2.77. The molecule has 1 aromatic rings. The average molecular weight is 263 g/mol. The molecule has 1 aliphatic rings. The maximum atomic E-state index is 5.64. The van der Waals surface area contributed by atoms with Gasteiger partial charge in [0, 0.05) is 18.6 Å². The molecule has 19 heavy (non-hydrogen) atoms. The Labute approximate surface area is 116 Å². The van der Waals surface area contributed by atoms with E-state index in [-0.39, 0.29) is 0 Å². The summed E-state index contributed by atoms with van der Waals surface area (Å²) in [5.74, 6) is 1.52. The molecule has 0 saturated carbocycles. The molecular formula is C16H25NO2. The van der Waals surface area contributed by atoms with Gasteiger partial charge in [-0.15, -0.1) is 0 Å². The van der Waals surface area contributed by atoms with Crippen LogP contribution in [0.1, 0.15) is 38.3 Å². The SMILES string of the molecule is CCNC(c1cccc(OCC)c1)C1CCCOC1. The molecule has 1 aliphatic heterocycles. The highest BCUT2D eigenvalue weighted by Crippen LogP contribution is 2.30. The van der Waals surface area contributed by atoms with Gasteiger partial charge >= 0.3 is 0 Å². The van der Waals surface area contributed by atoms with Crippen LogP contribution in [0.3, 0.4) is 0 Å². The molecule has 1 N–H and O–H groups in total. The predicted octanol–water partition coefficient (Wildman–Crippen LogP) is 3.16. The second kappa shape index (κ2) is 7.51. The van der Waals surface area contributed by atoms with Crippen LogP contribution in [0.5, 0.6) is 5.75 Å². The van der Waals surface area contributed by atoms with Crippen molar-refractivity contribution < 1.29 is 9.47 Å². The Hall–Kier alpha value is -1.06. The molecule has 0 radical (unpaired) electrons. The highest BCUT2D eigenvalue weighted by Gasteiger charge is 2.25. The number of ether oxygens (including phenoxy) is 2. The lowest BCUT2D eigenvalue weighted by Gasteiger charge is -2.31. The highest BCUT2D eigenvalue weighted by atomic mass is 16.5. The summed E-state index contributed by atoms with van der Waals surface area (Å²) in [7, 11) is 0. The van der Waals surface area contributed by atoms with Crippen molar-refractivity contribution in [2.45, 2.75) is 32.7 Å². The van der Waals surface area contributed by atoms with E-state index in [2.05, 4.69) is 30.4 Å². The Bertz CT molecular complexity index is 375. The van der Waals surface area contributed by atoms with Crippen LogP contribution >= 0.6 is 0 Å². The molecule has 0 bridgehead atoms. The Balaban J connectivity index is 2.14. The van der Waals surface area contributed by atoms with Crippen LogP contribution in [0.2, 0.25) is 0 Å². The van der Waals surface area contributed by atoms with E-state index >= 15 is 0 Å². The Morgan fingerprint density at radius 3 is 3.00 bits per heavy atom. The molecular weight excluding hydrogens is 238 g/mol. The van der Waals surface area contributed by atoms with E-state index in [1.54, 1.807) is 0 Å². The van der Waals surface area contributed by atoms with Gasteiger partial charge in [0.1, 0.15) is 5.75 Å². The summed E-state index contributed by atoms with van der Waals surface area (Å²) in [5, 5.41) is 3.60. The van der Waals surface area contributed by atoms with Crippen molar-refractivity contribution in [3.8, 4) is 5.75 Å². The highest BCUT2D eigenvalue weighted by molar-refractivity contribution is 5.31.